The van der Waals surface area contributed by atoms with Gasteiger partial charge in [-0.3, -0.25) is 4.79 Å². The van der Waals surface area contributed by atoms with Gasteiger partial charge in [0.15, 0.2) is 5.13 Å². The normalized spacial score (nSPS) is 19.6. The molecule has 1 saturated heterocycles. The molecule has 0 radical (unpaired) electrons. The lowest BCUT2D eigenvalue weighted by Gasteiger charge is -2.29. The van der Waals surface area contributed by atoms with Crippen LogP contribution in [0.25, 0.3) is 10.2 Å². The predicted molar refractivity (Wildman–Crippen MR) is 108 cm³/mol. The second-order valence-corrected chi connectivity index (χ2v) is 8.31. The van der Waals surface area contributed by atoms with E-state index in [1.807, 2.05) is 38.1 Å². The van der Waals surface area contributed by atoms with E-state index in [0.717, 1.165) is 15.3 Å². The average molecular weight is 382 g/mol. The molecule has 0 spiro atoms. The van der Waals surface area contributed by atoms with E-state index < -0.39 is 6.04 Å². The molecule has 0 aliphatic carbocycles. The first-order valence-corrected chi connectivity index (χ1v) is 9.76. The molecule has 2 N–H and O–H groups in total. The van der Waals surface area contributed by atoms with E-state index in [4.69, 9.17) is 6.42 Å². The molecule has 1 aliphatic rings. The lowest BCUT2D eigenvalue weighted by Crippen LogP contribution is -2.51. The Kier molecular flexibility index (Phi) is 5.65. The number of anilines is 1. The molecule has 3 rings (SSSR count). The van der Waals surface area contributed by atoms with Gasteiger partial charge in [0.1, 0.15) is 6.04 Å². The van der Waals surface area contributed by atoms with Gasteiger partial charge in [-0.15, -0.1) is 6.42 Å². The van der Waals surface area contributed by atoms with Crippen LogP contribution < -0.4 is 10.6 Å². The Morgan fingerprint density at radius 2 is 2.15 bits per heavy atom. The number of terminal acetylenes is 1. The first kappa shape index (κ1) is 19.2. The number of nitrogens with zero attached hydrogens (tertiary/aromatic N) is 3. The highest BCUT2D eigenvalue weighted by atomic mass is 32.1. The summed E-state index contributed by atoms with van der Waals surface area (Å²) in [5, 5.41) is 16.7. The molecule has 1 amide bonds. The van der Waals surface area contributed by atoms with Crippen LogP contribution in [0.4, 0.5) is 5.13 Å². The van der Waals surface area contributed by atoms with Crippen molar-refractivity contribution in [2.75, 3.05) is 18.4 Å². The third kappa shape index (κ3) is 4.39. The number of rotatable bonds is 6. The minimum atomic E-state index is -0.427. The van der Waals surface area contributed by atoms with E-state index in [-0.39, 0.29) is 24.0 Å². The molecule has 0 saturated carbocycles. The average Bonchev–Trinajstić information content (AvgIpc) is 3.27. The molecule has 7 heteroatoms. The molecule has 1 aromatic heterocycles. The number of benzene rings is 1. The fourth-order valence-corrected chi connectivity index (χ4v) is 4.02. The number of carbonyl (C=O) groups excluding carboxylic acids is 1. The third-order valence-electron chi connectivity index (χ3n) is 4.71. The molecule has 0 bridgehead atoms. The van der Waals surface area contributed by atoms with Crippen molar-refractivity contribution < 1.29 is 4.79 Å². The van der Waals surface area contributed by atoms with Crippen LogP contribution in [0, 0.1) is 23.7 Å². The first-order chi connectivity index (χ1) is 12.9. The Labute approximate surface area is 163 Å². The topological polar surface area (TPSA) is 81.0 Å². The van der Waals surface area contributed by atoms with E-state index >= 15 is 0 Å². The van der Waals surface area contributed by atoms with Crippen molar-refractivity contribution in [1.29, 1.82) is 5.26 Å². The maximum Gasteiger partial charge on any atom is 0.238 e. The van der Waals surface area contributed by atoms with Gasteiger partial charge in [0, 0.05) is 12.1 Å². The van der Waals surface area contributed by atoms with Gasteiger partial charge >= 0.3 is 0 Å². The minimum absolute atomic E-state index is 0.130. The molecule has 140 valence electrons. The molecule has 2 aromatic rings. The van der Waals surface area contributed by atoms with Crippen LogP contribution in [-0.2, 0) is 4.79 Å². The maximum atomic E-state index is 12.6. The summed E-state index contributed by atoms with van der Waals surface area (Å²) in [6.07, 6.45) is 6.84. The summed E-state index contributed by atoms with van der Waals surface area (Å²) in [6, 6.07) is 9.47. The lowest BCUT2D eigenvalue weighted by molar-refractivity contribution is -0.131. The highest BCUT2D eigenvalue weighted by Gasteiger charge is 2.36. The van der Waals surface area contributed by atoms with Gasteiger partial charge in [0.25, 0.3) is 0 Å². The first-order valence-electron chi connectivity index (χ1n) is 8.95. The van der Waals surface area contributed by atoms with Crippen molar-refractivity contribution >= 4 is 32.6 Å². The van der Waals surface area contributed by atoms with Gasteiger partial charge in [-0.2, -0.15) is 5.26 Å². The summed E-state index contributed by atoms with van der Waals surface area (Å²) in [5.41, 5.74) is 0.643. The largest absolute Gasteiger partial charge is 0.360 e. The quantitative estimate of drug-likeness (QED) is 0.752. The van der Waals surface area contributed by atoms with Crippen LogP contribution in [-0.4, -0.2) is 46.5 Å². The number of hydrogen-bond acceptors (Lipinski definition) is 6. The van der Waals surface area contributed by atoms with Gasteiger partial charge in [-0.1, -0.05) is 29.4 Å². The number of carbonyl (C=O) groups is 1. The molecule has 2 heterocycles. The van der Waals surface area contributed by atoms with Gasteiger partial charge < -0.3 is 15.5 Å². The molecule has 1 fully saturated rings. The molecule has 0 unspecified atom stereocenters. The van der Waals surface area contributed by atoms with Crippen LogP contribution in [0.3, 0.4) is 0 Å². The van der Waals surface area contributed by atoms with Crippen molar-refractivity contribution in [3.8, 4) is 18.4 Å². The SMILES string of the molecule is C#C[C@@H]1CC[C@@H](C#N)N1C(=O)CNC(C)(C)CNc1nc2ccccc2s1. The van der Waals surface area contributed by atoms with Crippen LogP contribution in [0.1, 0.15) is 26.7 Å². The van der Waals surface area contributed by atoms with Gasteiger partial charge in [-0.25, -0.2) is 4.98 Å². The fraction of sp³-hybridized carbons (Fsp3) is 0.450. The van der Waals surface area contributed by atoms with Crippen LogP contribution in [0.5, 0.6) is 0 Å². The molecule has 27 heavy (non-hydrogen) atoms. The van der Waals surface area contributed by atoms with Crippen molar-refractivity contribution in [1.82, 2.24) is 15.2 Å². The monoisotopic (exact) mass is 381 g/mol. The summed E-state index contributed by atoms with van der Waals surface area (Å²) in [5.74, 6) is 2.49. The van der Waals surface area contributed by atoms with Crippen LogP contribution >= 0.6 is 11.3 Å². The van der Waals surface area contributed by atoms with Gasteiger partial charge in [0.05, 0.1) is 28.9 Å². The van der Waals surface area contributed by atoms with Crippen LogP contribution in [0.15, 0.2) is 24.3 Å². The third-order valence-corrected chi connectivity index (χ3v) is 5.70. The summed E-state index contributed by atoms with van der Waals surface area (Å²) in [6.45, 7) is 4.79. The lowest BCUT2D eigenvalue weighted by atomic mass is 10.1. The Balaban J connectivity index is 1.55. The number of thiazole rings is 1. The van der Waals surface area contributed by atoms with E-state index in [1.54, 1.807) is 16.2 Å². The summed E-state index contributed by atoms with van der Waals surface area (Å²) >= 11 is 1.61. The second-order valence-electron chi connectivity index (χ2n) is 7.28. The molecule has 6 nitrogen and oxygen atoms in total. The predicted octanol–water partition coefficient (Wildman–Crippen LogP) is 2.59. The molecule has 1 aliphatic heterocycles. The fourth-order valence-electron chi connectivity index (χ4n) is 3.16. The molecule has 2 atom stereocenters. The zero-order chi connectivity index (χ0) is 19.4. The number of nitrogens with one attached hydrogen (secondary N) is 2. The van der Waals surface area contributed by atoms with E-state index in [0.29, 0.717) is 19.4 Å². The van der Waals surface area contributed by atoms with Gasteiger partial charge in [-0.05, 0) is 38.8 Å². The number of amides is 1. The number of likely N-dealkylation sites (tertiary alicyclic amines) is 1. The highest BCUT2D eigenvalue weighted by Crippen LogP contribution is 2.26. The van der Waals surface area contributed by atoms with Crippen molar-refractivity contribution in [2.24, 2.45) is 0 Å². The summed E-state index contributed by atoms with van der Waals surface area (Å²) < 4.78 is 1.14. The summed E-state index contributed by atoms with van der Waals surface area (Å²) in [4.78, 5) is 18.7. The van der Waals surface area contributed by atoms with Crippen molar-refractivity contribution in [2.45, 2.75) is 44.3 Å². The number of aromatic nitrogens is 1. The van der Waals surface area contributed by atoms with E-state index in [9.17, 15) is 10.1 Å². The number of hydrogen-bond donors (Lipinski definition) is 2. The standard InChI is InChI=1S/C20H23N5OS/c1-4-14-9-10-15(11-21)25(14)18(26)12-23-20(2,3)13-22-19-24-16-7-5-6-8-17(16)27-19/h1,5-8,14-15,23H,9-10,12-13H2,2-3H3,(H,22,24)/t14-,15+/m1/s1. The smallest absolute Gasteiger partial charge is 0.238 e. The molecular weight excluding hydrogens is 358 g/mol. The molecule has 1 aromatic carbocycles. The Bertz CT molecular complexity index is 852. The van der Waals surface area contributed by atoms with E-state index in [1.165, 1.54) is 0 Å². The van der Waals surface area contributed by atoms with Gasteiger partial charge in [0.2, 0.25) is 5.91 Å². The number of nitriles is 1. The van der Waals surface area contributed by atoms with E-state index in [2.05, 4.69) is 27.6 Å². The second kappa shape index (κ2) is 7.96. The van der Waals surface area contributed by atoms with Crippen LogP contribution in [0.2, 0.25) is 0 Å². The number of para-hydroxylation sites is 1. The minimum Gasteiger partial charge on any atom is -0.360 e. The molecular formula is C20H23N5OS. The maximum absolute atomic E-state index is 12.6. The van der Waals surface area contributed by atoms with Crippen molar-refractivity contribution in [3.63, 3.8) is 0 Å². The zero-order valence-corrected chi connectivity index (χ0v) is 16.3. The zero-order valence-electron chi connectivity index (χ0n) is 15.5. The highest BCUT2D eigenvalue weighted by molar-refractivity contribution is 7.22. The summed E-state index contributed by atoms with van der Waals surface area (Å²) in [7, 11) is 0. The number of fused-ring (bicyclic) bond motifs is 1. The van der Waals surface area contributed by atoms with Crippen molar-refractivity contribution in [3.05, 3.63) is 24.3 Å². The Hall–Kier alpha value is -2.61. The Morgan fingerprint density at radius 3 is 2.85 bits per heavy atom. The Morgan fingerprint density at radius 1 is 1.41 bits per heavy atom.